The highest BCUT2D eigenvalue weighted by atomic mass is 35.5. The number of hydrogen-bond donors (Lipinski definition) is 4. The van der Waals surface area contributed by atoms with E-state index in [9.17, 15) is 4.79 Å². The summed E-state index contributed by atoms with van der Waals surface area (Å²) >= 11 is 6.00. The van der Waals surface area contributed by atoms with Gasteiger partial charge in [0.2, 0.25) is 0 Å². The smallest absolute Gasteiger partial charge is 0.314 e. The van der Waals surface area contributed by atoms with E-state index < -0.39 is 6.10 Å². The number of aromatic amines is 1. The maximum atomic E-state index is 11.5. The van der Waals surface area contributed by atoms with Crippen molar-refractivity contribution in [3.8, 4) is 0 Å². The second-order valence-corrected chi connectivity index (χ2v) is 5.51. The van der Waals surface area contributed by atoms with Crippen LogP contribution in [0.1, 0.15) is 18.9 Å². The number of carbonyl (C=O) groups excluding carboxylic acids is 1. The van der Waals surface area contributed by atoms with E-state index in [0.29, 0.717) is 24.5 Å². The van der Waals surface area contributed by atoms with Gasteiger partial charge in [-0.3, -0.25) is 0 Å². The summed E-state index contributed by atoms with van der Waals surface area (Å²) in [5.74, 6) is 0. The molecule has 114 valence electrons. The average Bonchev–Trinajstić information content (AvgIpc) is 2.81. The maximum Gasteiger partial charge on any atom is 0.314 e. The number of halogens is 1. The molecule has 6 heteroatoms. The number of urea groups is 1. The number of amides is 2. The van der Waals surface area contributed by atoms with Crippen molar-refractivity contribution in [2.45, 2.75) is 25.9 Å². The van der Waals surface area contributed by atoms with Gasteiger partial charge in [-0.2, -0.15) is 0 Å². The Morgan fingerprint density at radius 2 is 2.14 bits per heavy atom. The molecule has 1 heterocycles. The third-order valence-corrected chi connectivity index (χ3v) is 3.49. The molecule has 1 aromatic heterocycles. The van der Waals surface area contributed by atoms with Crippen molar-refractivity contribution in [1.82, 2.24) is 15.6 Å². The Balaban J connectivity index is 1.80. The molecule has 2 aromatic rings. The van der Waals surface area contributed by atoms with E-state index in [0.717, 1.165) is 22.9 Å². The number of H-pyrrole nitrogens is 1. The van der Waals surface area contributed by atoms with Crippen molar-refractivity contribution in [2.75, 3.05) is 13.1 Å². The summed E-state index contributed by atoms with van der Waals surface area (Å²) in [6, 6.07) is 5.49. The van der Waals surface area contributed by atoms with Crippen LogP contribution in [0, 0.1) is 0 Å². The van der Waals surface area contributed by atoms with Crippen LogP contribution in [0.4, 0.5) is 4.79 Å². The van der Waals surface area contributed by atoms with Gasteiger partial charge in [-0.25, -0.2) is 4.79 Å². The molecule has 0 saturated heterocycles. The van der Waals surface area contributed by atoms with Crippen LogP contribution >= 0.6 is 11.6 Å². The van der Waals surface area contributed by atoms with Gasteiger partial charge < -0.3 is 20.7 Å². The zero-order chi connectivity index (χ0) is 15.2. The van der Waals surface area contributed by atoms with Gasteiger partial charge in [0.05, 0.1) is 6.10 Å². The van der Waals surface area contributed by atoms with Crippen LogP contribution in [0.5, 0.6) is 0 Å². The van der Waals surface area contributed by atoms with Gasteiger partial charge in [-0.05, 0) is 43.5 Å². The van der Waals surface area contributed by atoms with E-state index in [2.05, 4.69) is 15.6 Å². The maximum absolute atomic E-state index is 11.5. The molecule has 4 N–H and O–H groups in total. The van der Waals surface area contributed by atoms with Crippen LogP contribution in [0.2, 0.25) is 5.02 Å². The SMILES string of the molecule is CC(O)CCNC(=O)NCCc1c[nH]c2ccc(Cl)cc12. The van der Waals surface area contributed by atoms with E-state index in [4.69, 9.17) is 16.7 Å². The van der Waals surface area contributed by atoms with Gasteiger partial charge in [-0.1, -0.05) is 11.6 Å². The first-order valence-corrected chi connectivity index (χ1v) is 7.39. The number of benzene rings is 1. The number of aliphatic hydroxyl groups excluding tert-OH is 1. The van der Waals surface area contributed by atoms with E-state index >= 15 is 0 Å². The first-order valence-electron chi connectivity index (χ1n) is 7.01. The topological polar surface area (TPSA) is 77.2 Å². The Kier molecular flexibility index (Phi) is 5.47. The number of aromatic nitrogens is 1. The molecule has 2 rings (SSSR count). The number of hydrogen-bond acceptors (Lipinski definition) is 2. The van der Waals surface area contributed by atoms with Crippen LogP contribution in [-0.4, -0.2) is 35.3 Å². The molecule has 0 aliphatic heterocycles. The predicted molar refractivity (Wildman–Crippen MR) is 84.7 cm³/mol. The van der Waals surface area contributed by atoms with Gasteiger partial charge in [0.25, 0.3) is 0 Å². The largest absolute Gasteiger partial charge is 0.393 e. The van der Waals surface area contributed by atoms with Crippen molar-refractivity contribution in [3.63, 3.8) is 0 Å². The van der Waals surface area contributed by atoms with E-state index in [1.165, 1.54) is 0 Å². The fraction of sp³-hybridized carbons (Fsp3) is 0.400. The summed E-state index contributed by atoms with van der Waals surface area (Å²) in [6.07, 6.45) is 2.81. The van der Waals surface area contributed by atoms with Crippen molar-refractivity contribution < 1.29 is 9.90 Å². The zero-order valence-electron chi connectivity index (χ0n) is 11.9. The molecular formula is C15H20ClN3O2. The van der Waals surface area contributed by atoms with Crippen molar-refractivity contribution in [3.05, 3.63) is 35.0 Å². The third-order valence-electron chi connectivity index (χ3n) is 3.26. The molecule has 0 radical (unpaired) electrons. The first-order chi connectivity index (χ1) is 10.1. The summed E-state index contributed by atoms with van der Waals surface area (Å²) in [4.78, 5) is 14.7. The van der Waals surface area contributed by atoms with Gasteiger partial charge >= 0.3 is 6.03 Å². The van der Waals surface area contributed by atoms with Gasteiger partial charge in [0.1, 0.15) is 0 Å². The molecule has 0 aliphatic rings. The number of aliphatic hydroxyl groups is 1. The second-order valence-electron chi connectivity index (χ2n) is 5.07. The fourth-order valence-electron chi connectivity index (χ4n) is 2.13. The lowest BCUT2D eigenvalue weighted by Crippen LogP contribution is -2.37. The Labute approximate surface area is 128 Å². The summed E-state index contributed by atoms with van der Waals surface area (Å²) in [6.45, 7) is 2.70. The summed E-state index contributed by atoms with van der Waals surface area (Å²) in [5, 5.41) is 16.4. The van der Waals surface area contributed by atoms with Crippen LogP contribution < -0.4 is 10.6 Å². The lowest BCUT2D eigenvalue weighted by atomic mass is 10.1. The average molecular weight is 310 g/mol. The highest BCUT2D eigenvalue weighted by molar-refractivity contribution is 6.31. The molecule has 1 atom stereocenters. The highest BCUT2D eigenvalue weighted by Gasteiger charge is 2.05. The molecular weight excluding hydrogens is 290 g/mol. The monoisotopic (exact) mass is 309 g/mol. The lowest BCUT2D eigenvalue weighted by molar-refractivity contribution is 0.183. The number of fused-ring (bicyclic) bond motifs is 1. The normalized spacial score (nSPS) is 12.3. The summed E-state index contributed by atoms with van der Waals surface area (Å²) in [5.41, 5.74) is 2.16. The Morgan fingerprint density at radius 3 is 2.90 bits per heavy atom. The van der Waals surface area contributed by atoms with Crippen LogP contribution in [0.15, 0.2) is 24.4 Å². The van der Waals surface area contributed by atoms with E-state index in [-0.39, 0.29) is 6.03 Å². The Morgan fingerprint density at radius 1 is 1.38 bits per heavy atom. The molecule has 21 heavy (non-hydrogen) atoms. The summed E-state index contributed by atoms with van der Waals surface area (Å²) in [7, 11) is 0. The molecule has 2 amide bonds. The van der Waals surface area contributed by atoms with Crippen LogP contribution in [-0.2, 0) is 6.42 Å². The van der Waals surface area contributed by atoms with Gasteiger partial charge in [-0.15, -0.1) is 0 Å². The predicted octanol–water partition coefficient (Wildman–Crippen LogP) is 2.43. The number of rotatable bonds is 6. The van der Waals surface area contributed by atoms with Crippen molar-refractivity contribution >= 4 is 28.5 Å². The molecule has 0 saturated carbocycles. The minimum atomic E-state index is -0.402. The van der Waals surface area contributed by atoms with Crippen LogP contribution in [0.25, 0.3) is 10.9 Å². The third kappa shape index (κ3) is 4.65. The van der Waals surface area contributed by atoms with Gasteiger partial charge in [0.15, 0.2) is 0 Å². The van der Waals surface area contributed by atoms with Crippen LogP contribution in [0.3, 0.4) is 0 Å². The molecule has 0 spiro atoms. The molecule has 0 bridgehead atoms. The quantitative estimate of drug-likeness (QED) is 0.661. The molecule has 0 fully saturated rings. The Hall–Kier alpha value is -1.72. The van der Waals surface area contributed by atoms with E-state index in [1.807, 2.05) is 24.4 Å². The van der Waals surface area contributed by atoms with E-state index in [1.54, 1.807) is 6.92 Å². The summed E-state index contributed by atoms with van der Waals surface area (Å²) < 4.78 is 0. The Bertz CT molecular complexity index is 610. The fourth-order valence-corrected chi connectivity index (χ4v) is 2.30. The molecule has 1 unspecified atom stereocenters. The van der Waals surface area contributed by atoms with Gasteiger partial charge in [0, 0.05) is 35.2 Å². The van der Waals surface area contributed by atoms with Crippen molar-refractivity contribution in [2.24, 2.45) is 0 Å². The standard InChI is InChI=1S/C15H20ClN3O2/c1-10(20)4-6-17-15(21)18-7-5-11-9-19-14-3-2-12(16)8-13(11)14/h2-3,8-10,19-20H,4-7H2,1H3,(H2,17,18,21). The number of carbonyl (C=O) groups is 1. The minimum absolute atomic E-state index is 0.214. The lowest BCUT2D eigenvalue weighted by Gasteiger charge is -2.08. The minimum Gasteiger partial charge on any atom is -0.393 e. The highest BCUT2D eigenvalue weighted by Crippen LogP contribution is 2.22. The first kappa shape index (κ1) is 15.7. The van der Waals surface area contributed by atoms with Crippen molar-refractivity contribution in [1.29, 1.82) is 0 Å². The molecule has 0 aliphatic carbocycles. The molecule has 1 aromatic carbocycles. The molecule has 5 nitrogen and oxygen atoms in total. The zero-order valence-corrected chi connectivity index (χ0v) is 12.7. The second kappa shape index (κ2) is 7.33. The number of nitrogens with one attached hydrogen (secondary N) is 3.